The Morgan fingerprint density at radius 2 is 2.07 bits per heavy atom. The van der Waals surface area contributed by atoms with Crippen molar-refractivity contribution in [2.24, 2.45) is 0 Å². The van der Waals surface area contributed by atoms with Gasteiger partial charge < -0.3 is 4.79 Å². The van der Waals surface area contributed by atoms with E-state index >= 15 is 0 Å². The lowest BCUT2D eigenvalue weighted by atomic mass is 9.95. The number of aryl methyl sites for hydroxylation is 1. The van der Waals surface area contributed by atoms with Crippen molar-refractivity contribution in [3.8, 4) is 0 Å². The van der Waals surface area contributed by atoms with E-state index in [2.05, 4.69) is 0 Å². The Labute approximate surface area is 88.1 Å². The summed E-state index contributed by atoms with van der Waals surface area (Å²) in [7, 11) is 0. The molecule has 0 amide bonds. The van der Waals surface area contributed by atoms with Crippen molar-refractivity contribution in [2.75, 3.05) is 0 Å². The van der Waals surface area contributed by atoms with Crippen LogP contribution in [0.3, 0.4) is 0 Å². The summed E-state index contributed by atoms with van der Waals surface area (Å²) in [6.45, 7) is 3.59. The summed E-state index contributed by atoms with van der Waals surface area (Å²) in [5.41, 5.74) is 1.04. The zero-order chi connectivity index (χ0) is 11.4. The number of halogens is 2. The maximum atomic E-state index is 13.4. The standard InChI is InChI=1S/C12H14F2O/c1-3-9-6-10(8(2)4-5-15)12(14)11(13)7-9/h5-8H,3-4H2,1-2H3. The van der Waals surface area contributed by atoms with Crippen molar-refractivity contribution in [1.82, 2.24) is 0 Å². The summed E-state index contributed by atoms with van der Waals surface area (Å²) in [6, 6.07) is 2.83. The monoisotopic (exact) mass is 212 g/mol. The van der Waals surface area contributed by atoms with Gasteiger partial charge in [0.15, 0.2) is 11.6 Å². The minimum absolute atomic E-state index is 0.212. The van der Waals surface area contributed by atoms with Crippen molar-refractivity contribution in [3.63, 3.8) is 0 Å². The Morgan fingerprint density at radius 1 is 1.40 bits per heavy atom. The molecule has 1 atom stereocenters. The van der Waals surface area contributed by atoms with Crippen LogP contribution in [-0.2, 0) is 11.2 Å². The molecule has 1 nitrogen and oxygen atoms in total. The molecule has 0 aliphatic rings. The van der Waals surface area contributed by atoms with Gasteiger partial charge in [-0.1, -0.05) is 19.9 Å². The summed E-state index contributed by atoms with van der Waals surface area (Å²) in [4.78, 5) is 10.3. The van der Waals surface area contributed by atoms with Crippen molar-refractivity contribution < 1.29 is 13.6 Å². The van der Waals surface area contributed by atoms with Crippen molar-refractivity contribution in [2.45, 2.75) is 32.6 Å². The van der Waals surface area contributed by atoms with E-state index in [9.17, 15) is 13.6 Å². The second-order valence-electron chi connectivity index (χ2n) is 3.64. The van der Waals surface area contributed by atoms with E-state index in [1.54, 1.807) is 13.0 Å². The third-order valence-corrected chi connectivity index (χ3v) is 2.51. The van der Waals surface area contributed by atoms with Gasteiger partial charge >= 0.3 is 0 Å². The fraction of sp³-hybridized carbons (Fsp3) is 0.417. The molecule has 0 spiro atoms. The molecule has 15 heavy (non-hydrogen) atoms. The zero-order valence-electron chi connectivity index (χ0n) is 8.89. The van der Waals surface area contributed by atoms with E-state index < -0.39 is 11.6 Å². The molecule has 1 aromatic rings. The average molecular weight is 212 g/mol. The molecule has 0 saturated heterocycles. The van der Waals surface area contributed by atoms with Gasteiger partial charge in [-0.2, -0.15) is 0 Å². The van der Waals surface area contributed by atoms with Crippen LogP contribution in [0.25, 0.3) is 0 Å². The van der Waals surface area contributed by atoms with Crippen LogP contribution in [-0.4, -0.2) is 6.29 Å². The van der Waals surface area contributed by atoms with Gasteiger partial charge in [-0.25, -0.2) is 8.78 Å². The minimum Gasteiger partial charge on any atom is -0.303 e. The van der Waals surface area contributed by atoms with Gasteiger partial charge in [-0.15, -0.1) is 0 Å². The van der Waals surface area contributed by atoms with Crippen molar-refractivity contribution in [3.05, 3.63) is 34.9 Å². The number of rotatable bonds is 4. The molecule has 0 saturated carbocycles. The Balaban J connectivity index is 3.14. The summed E-state index contributed by atoms with van der Waals surface area (Å²) in [5.74, 6) is -1.94. The van der Waals surface area contributed by atoms with E-state index in [1.807, 2.05) is 6.92 Å². The molecular weight excluding hydrogens is 198 g/mol. The highest BCUT2D eigenvalue weighted by Crippen LogP contribution is 2.24. The predicted molar refractivity (Wildman–Crippen MR) is 54.8 cm³/mol. The molecule has 1 aromatic carbocycles. The number of hydrogen-bond acceptors (Lipinski definition) is 1. The van der Waals surface area contributed by atoms with Crippen LogP contribution in [0, 0.1) is 11.6 Å². The molecule has 0 radical (unpaired) electrons. The molecule has 0 aliphatic heterocycles. The quantitative estimate of drug-likeness (QED) is 0.700. The number of carbonyl (C=O) groups excluding carboxylic acids is 1. The number of aldehydes is 1. The zero-order valence-corrected chi connectivity index (χ0v) is 8.89. The highest BCUT2D eigenvalue weighted by molar-refractivity contribution is 5.51. The van der Waals surface area contributed by atoms with Crippen molar-refractivity contribution in [1.29, 1.82) is 0 Å². The van der Waals surface area contributed by atoms with Gasteiger partial charge in [-0.3, -0.25) is 0 Å². The number of benzene rings is 1. The molecule has 0 bridgehead atoms. The highest BCUT2D eigenvalue weighted by Gasteiger charge is 2.15. The molecule has 3 heteroatoms. The summed E-state index contributed by atoms with van der Waals surface area (Å²) in [5, 5.41) is 0. The lowest BCUT2D eigenvalue weighted by Crippen LogP contribution is -2.02. The van der Waals surface area contributed by atoms with E-state index in [-0.39, 0.29) is 12.3 Å². The van der Waals surface area contributed by atoms with Crippen LogP contribution in [0.5, 0.6) is 0 Å². The summed E-state index contributed by atoms with van der Waals surface area (Å²) >= 11 is 0. The third-order valence-electron chi connectivity index (χ3n) is 2.51. The average Bonchev–Trinajstić information content (AvgIpc) is 2.22. The molecule has 1 unspecified atom stereocenters. The third kappa shape index (κ3) is 2.61. The highest BCUT2D eigenvalue weighted by atomic mass is 19.2. The predicted octanol–water partition coefficient (Wildman–Crippen LogP) is 3.22. The van der Waals surface area contributed by atoms with Crippen LogP contribution in [0.4, 0.5) is 8.78 Å². The Kier molecular flexibility index (Phi) is 3.95. The molecule has 0 N–H and O–H groups in total. The van der Waals surface area contributed by atoms with E-state index in [0.717, 1.165) is 11.8 Å². The summed E-state index contributed by atoms with van der Waals surface area (Å²) < 4.78 is 26.6. The molecule has 0 aliphatic carbocycles. The van der Waals surface area contributed by atoms with Crippen molar-refractivity contribution >= 4 is 6.29 Å². The first kappa shape index (κ1) is 11.8. The van der Waals surface area contributed by atoms with Crippen LogP contribution in [0.1, 0.15) is 37.3 Å². The van der Waals surface area contributed by atoms with Crippen LogP contribution >= 0.6 is 0 Å². The SMILES string of the molecule is CCc1cc(F)c(F)c(C(C)CC=O)c1. The maximum Gasteiger partial charge on any atom is 0.162 e. The van der Waals surface area contributed by atoms with Crippen LogP contribution in [0.2, 0.25) is 0 Å². The minimum atomic E-state index is -0.832. The van der Waals surface area contributed by atoms with Gasteiger partial charge in [0.25, 0.3) is 0 Å². The first-order chi connectivity index (χ1) is 7.10. The van der Waals surface area contributed by atoms with Crippen LogP contribution in [0.15, 0.2) is 12.1 Å². The molecule has 0 aromatic heterocycles. The molecule has 0 fully saturated rings. The van der Waals surface area contributed by atoms with Gasteiger partial charge in [0.1, 0.15) is 6.29 Å². The van der Waals surface area contributed by atoms with Gasteiger partial charge in [-0.05, 0) is 29.5 Å². The first-order valence-corrected chi connectivity index (χ1v) is 5.01. The summed E-state index contributed by atoms with van der Waals surface area (Å²) in [6.07, 6.45) is 1.59. The van der Waals surface area contributed by atoms with Gasteiger partial charge in [0.05, 0.1) is 0 Å². The normalized spacial score (nSPS) is 12.5. The fourth-order valence-electron chi connectivity index (χ4n) is 1.50. The smallest absolute Gasteiger partial charge is 0.162 e. The fourth-order valence-corrected chi connectivity index (χ4v) is 1.50. The van der Waals surface area contributed by atoms with E-state index in [4.69, 9.17) is 0 Å². The molecule has 0 heterocycles. The Morgan fingerprint density at radius 3 is 2.60 bits per heavy atom. The molecular formula is C12H14F2O. The second kappa shape index (κ2) is 5.01. The second-order valence-corrected chi connectivity index (χ2v) is 3.64. The number of hydrogen-bond donors (Lipinski definition) is 0. The topological polar surface area (TPSA) is 17.1 Å². The van der Waals surface area contributed by atoms with E-state index in [1.165, 1.54) is 6.07 Å². The van der Waals surface area contributed by atoms with Crippen LogP contribution < -0.4 is 0 Å². The maximum absolute atomic E-state index is 13.4. The Bertz CT molecular complexity index is 361. The lowest BCUT2D eigenvalue weighted by molar-refractivity contribution is -0.108. The van der Waals surface area contributed by atoms with Gasteiger partial charge in [0.2, 0.25) is 0 Å². The number of carbonyl (C=O) groups is 1. The largest absolute Gasteiger partial charge is 0.303 e. The van der Waals surface area contributed by atoms with E-state index in [0.29, 0.717) is 12.0 Å². The molecule has 1 rings (SSSR count). The lowest BCUT2D eigenvalue weighted by Gasteiger charge is -2.11. The Hall–Kier alpha value is -1.25. The van der Waals surface area contributed by atoms with Gasteiger partial charge in [0, 0.05) is 6.42 Å². The first-order valence-electron chi connectivity index (χ1n) is 5.01. The molecule has 82 valence electrons.